The fraction of sp³-hybridized carbons (Fsp3) is 0.381. The molecule has 0 radical (unpaired) electrons. The molecule has 30 heavy (non-hydrogen) atoms. The van der Waals surface area contributed by atoms with Crippen LogP contribution in [0.15, 0.2) is 29.4 Å². The largest absolute Gasteiger partial charge is 0.334 e. The third-order valence-corrected chi connectivity index (χ3v) is 7.40. The van der Waals surface area contributed by atoms with Gasteiger partial charge in [-0.25, -0.2) is 23.1 Å². The number of fused-ring (bicyclic) bond motifs is 1. The first kappa shape index (κ1) is 20.8. The highest BCUT2D eigenvalue weighted by atomic mass is 35.5. The monoisotopic (exact) mass is 443 g/mol. The summed E-state index contributed by atoms with van der Waals surface area (Å²) >= 11 is 6.39. The van der Waals surface area contributed by atoms with Crippen molar-refractivity contribution < 1.29 is 8.42 Å². The number of sulfonamides is 1. The molecule has 0 saturated heterocycles. The van der Waals surface area contributed by atoms with Gasteiger partial charge in [-0.15, -0.1) is 0 Å². The number of nitriles is 1. The summed E-state index contributed by atoms with van der Waals surface area (Å²) in [7, 11) is -3.69. The van der Waals surface area contributed by atoms with Gasteiger partial charge >= 0.3 is 0 Å². The van der Waals surface area contributed by atoms with Gasteiger partial charge in [-0.1, -0.05) is 11.6 Å². The van der Waals surface area contributed by atoms with E-state index in [1.807, 2.05) is 19.1 Å². The molecule has 0 aliphatic heterocycles. The maximum absolute atomic E-state index is 12.4. The lowest BCUT2D eigenvalue weighted by molar-refractivity contribution is 0.323. The summed E-state index contributed by atoms with van der Waals surface area (Å²) < 4.78 is 29.4. The number of nitrogens with one attached hydrogen (secondary N) is 1. The van der Waals surface area contributed by atoms with Gasteiger partial charge in [-0.05, 0) is 57.7 Å². The SMILES string of the molecule is Cc1cc2c(C#N)c(-c3ncc(S(=O)(=O)NC(C)C)cn3)n(C3CCC3)c2cc1Cl. The average molecular weight is 444 g/mol. The van der Waals surface area contributed by atoms with Gasteiger partial charge in [0, 0.05) is 22.5 Å². The zero-order valence-corrected chi connectivity index (χ0v) is 18.5. The number of hydrogen-bond donors (Lipinski definition) is 1. The highest BCUT2D eigenvalue weighted by molar-refractivity contribution is 7.89. The van der Waals surface area contributed by atoms with Gasteiger partial charge in [0.25, 0.3) is 0 Å². The van der Waals surface area contributed by atoms with Gasteiger partial charge in [-0.3, -0.25) is 0 Å². The summed E-state index contributed by atoms with van der Waals surface area (Å²) in [6.07, 6.45) is 5.68. The first-order valence-electron chi connectivity index (χ1n) is 9.82. The lowest BCUT2D eigenvalue weighted by Gasteiger charge is -2.29. The molecule has 0 bridgehead atoms. The molecule has 1 saturated carbocycles. The number of aryl methyl sites for hydroxylation is 1. The second-order valence-electron chi connectivity index (χ2n) is 7.93. The van der Waals surface area contributed by atoms with Crippen molar-refractivity contribution in [1.29, 1.82) is 5.26 Å². The van der Waals surface area contributed by atoms with Gasteiger partial charge in [0.05, 0.1) is 23.5 Å². The third-order valence-electron chi connectivity index (χ3n) is 5.38. The van der Waals surface area contributed by atoms with E-state index in [9.17, 15) is 13.7 Å². The van der Waals surface area contributed by atoms with Crippen LogP contribution in [-0.2, 0) is 10.0 Å². The summed E-state index contributed by atoms with van der Waals surface area (Å²) in [6, 6.07) is 6.10. The van der Waals surface area contributed by atoms with E-state index in [1.165, 1.54) is 12.4 Å². The fourth-order valence-corrected chi connectivity index (χ4v) is 5.05. The molecule has 1 fully saturated rings. The van der Waals surface area contributed by atoms with Crippen LogP contribution in [0.5, 0.6) is 0 Å². The Balaban J connectivity index is 1.91. The van der Waals surface area contributed by atoms with Gasteiger partial charge in [-0.2, -0.15) is 5.26 Å². The Bertz CT molecular complexity index is 1270. The minimum atomic E-state index is -3.69. The number of benzene rings is 1. The van der Waals surface area contributed by atoms with E-state index in [4.69, 9.17) is 11.6 Å². The normalized spacial score (nSPS) is 14.8. The van der Waals surface area contributed by atoms with Crippen molar-refractivity contribution in [3.63, 3.8) is 0 Å². The predicted molar refractivity (Wildman–Crippen MR) is 116 cm³/mol. The molecule has 1 N–H and O–H groups in total. The van der Waals surface area contributed by atoms with E-state index in [0.717, 1.165) is 35.7 Å². The zero-order valence-electron chi connectivity index (χ0n) is 17.0. The maximum Gasteiger partial charge on any atom is 0.243 e. The van der Waals surface area contributed by atoms with Crippen LogP contribution in [0.2, 0.25) is 5.02 Å². The number of halogens is 1. The fourth-order valence-electron chi connectivity index (χ4n) is 3.75. The summed E-state index contributed by atoms with van der Waals surface area (Å²) in [5.74, 6) is 0.326. The minimum Gasteiger partial charge on any atom is -0.334 e. The molecule has 0 amide bonds. The Morgan fingerprint density at radius 3 is 2.47 bits per heavy atom. The standard InChI is InChI=1S/C21H22ClN5O2S/c1-12(2)26-30(28,29)15-10-24-21(25-11-15)20-17(9-23)16-7-13(3)18(22)8-19(16)27(20)14-5-4-6-14/h7-8,10-12,14,26H,4-6H2,1-3H3. The molecule has 2 aromatic heterocycles. The molecule has 4 rings (SSSR count). The Morgan fingerprint density at radius 1 is 1.27 bits per heavy atom. The van der Waals surface area contributed by atoms with Gasteiger partial charge < -0.3 is 4.57 Å². The summed E-state index contributed by atoms with van der Waals surface area (Å²) in [5, 5.41) is 11.4. The Hall–Kier alpha value is -2.47. The van der Waals surface area contributed by atoms with Gasteiger partial charge in [0.15, 0.2) is 5.82 Å². The first-order chi connectivity index (χ1) is 14.2. The van der Waals surface area contributed by atoms with E-state index >= 15 is 0 Å². The second-order valence-corrected chi connectivity index (χ2v) is 10.0. The van der Waals surface area contributed by atoms with Crippen LogP contribution in [0, 0.1) is 18.3 Å². The van der Waals surface area contributed by atoms with Gasteiger partial charge in [0.1, 0.15) is 16.7 Å². The molecule has 0 unspecified atom stereocenters. The van der Waals surface area contributed by atoms with Crippen LogP contribution in [0.25, 0.3) is 22.4 Å². The lowest BCUT2D eigenvalue weighted by Crippen LogP contribution is -2.30. The number of rotatable bonds is 5. The van der Waals surface area contributed by atoms with Crippen molar-refractivity contribution in [2.75, 3.05) is 0 Å². The third kappa shape index (κ3) is 3.47. The Morgan fingerprint density at radius 2 is 1.93 bits per heavy atom. The van der Waals surface area contributed by atoms with Crippen LogP contribution in [0.4, 0.5) is 0 Å². The maximum atomic E-state index is 12.4. The number of aromatic nitrogens is 3. The van der Waals surface area contributed by atoms with E-state index in [-0.39, 0.29) is 17.0 Å². The van der Waals surface area contributed by atoms with Gasteiger partial charge in [0.2, 0.25) is 10.0 Å². The molecule has 1 aliphatic rings. The van der Waals surface area contributed by atoms with Crippen molar-refractivity contribution >= 4 is 32.5 Å². The van der Waals surface area contributed by atoms with E-state index in [2.05, 4.69) is 25.3 Å². The molecule has 0 atom stereocenters. The van der Waals surface area contributed by atoms with Crippen LogP contribution in [0.3, 0.4) is 0 Å². The quantitative estimate of drug-likeness (QED) is 0.631. The zero-order chi connectivity index (χ0) is 21.6. The van der Waals surface area contributed by atoms with Crippen LogP contribution in [-0.4, -0.2) is 29.0 Å². The van der Waals surface area contributed by atoms with Crippen LogP contribution < -0.4 is 4.72 Å². The van der Waals surface area contributed by atoms with E-state index in [1.54, 1.807) is 13.8 Å². The molecule has 3 aromatic rings. The van der Waals surface area contributed by atoms with Crippen molar-refractivity contribution in [1.82, 2.24) is 19.3 Å². The lowest BCUT2D eigenvalue weighted by atomic mass is 9.92. The highest BCUT2D eigenvalue weighted by Crippen LogP contribution is 2.42. The molecule has 1 aliphatic carbocycles. The topological polar surface area (TPSA) is 101 Å². The molecule has 9 heteroatoms. The predicted octanol–water partition coefficient (Wildman–Crippen LogP) is 4.34. The molecule has 1 aromatic carbocycles. The highest BCUT2D eigenvalue weighted by Gasteiger charge is 2.29. The molecule has 2 heterocycles. The number of hydrogen-bond acceptors (Lipinski definition) is 5. The Labute approximate surface area is 180 Å². The molecule has 156 valence electrons. The molecule has 0 spiro atoms. The van der Waals surface area contributed by atoms with Crippen molar-refractivity contribution in [2.45, 2.75) is 57.0 Å². The van der Waals surface area contributed by atoms with E-state index < -0.39 is 10.0 Å². The molecular weight excluding hydrogens is 422 g/mol. The summed E-state index contributed by atoms with van der Waals surface area (Å²) in [5.41, 5.74) is 2.86. The summed E-state index contributed by atoms with van der Waals surface area (Å²) in [6.45, 7) is 5.40. The first-order valence-corrected chi connectivity index (χ1v) is 11.7. The van der Waals surface area contributed by atoms with E-state index in [0.29, 0.717) is 22.1 Å². The van der Waals surface area contributed by atoms with Crippen LogP contribution >= 0.6 is 11.6 Å². The second kappa shape index (κ2) is 7.65. The van der Waals surface area contributed by atoms with Crippen molar-refractivity contribution in [3.8, 4) is 17.6 Å². The van der Waals surface area contributed by atoms with Crippen LogP contribution in [0.1, 0.15) is 50.3 Å². The van der Waals surface area contributed by atoms with Crippen molar-refractivity contribution in [3.05, 3.63) is 40.7 Å². The average Bonchev–Trinajstić information content (AvgIpc) is 2.93. The minimum absolute atomic E-state index is 0.0105. The summed E-state index contributed by atoms with van der Waals surface area (Å²) in [4.78, 5) is 8.66. The smallest absolute Gasteiger partial charge is 0.243 e. The molecular formula is C21H22ClN5O2S. The Kier molecular flexibility index (Phi) is 5.30. The van der Waals surface area contributed by atoms with Crippen molar-refractivity contribution in [2.24, 2.45) is 0 Å². The molecule has 7 nitrogen and oxygen atoms in total. The number of nitrogens with zero attached hydrogens (tertiary/aromatic N) is 4.